The molecule has 0 radical (unpaired) electrons. The van der Waals surface area contributed by atoms with Gasteiger partial charge in [-0.05, 0) is 53.5 Å². The molecule has 0 fully saturated rings. The first-order chi connectivity index (χ1) is 16.1. The molecule has 1 amide bonds. The summed E-state index contributed by atoms with van der Waals surface area (Å²) in [5.74, 6) is -1.18. The van der Waals surface area contributed by atoms with Gasteiger partial charge in [-0.15, -0.1) is 0 Å². The Balaban J connectivity index is 1.26. The van der Waals surface area contributed by atoms with Gasteiger partial charge >= 0.3 is 12.1 Å². The first kappa shape index (κ1) is 21.2. The predicted molar refractivity (Wildman–Crippen MR) is 123 cm³/mol. The van der Waals surface area contributed by atoms with Crippen LogP contribution >= 0.6 is 0 Å². The first-order valence-corrected chi connectivity index (χ1v) is 11.5. The number of carbonyl (C=O) groups is 2. The third-order valence-corrected chi connectivity index (χ3v) is 6.72. The minimum atomic E-state index is -1.10. The van der Waals surface area contributed by atoms with Gasteiger partial charge in [0.05, 0.1) is 5.69 Å². The van der Waals surface area contributed by atoms with Crippen LogP contribution in [-0.4, -0.2) is 40.0 Å². The van der Waals surface area contributed by atoms with Crippen molar-refractivity contribution in [2.45, 2.75) is 50.5 Å². The number of fused-ring (bicyclic) bond motifs is 4. The second-order valence-corrected chi connectivity index (χ2v) is 8.75. The molecule has 1 atom stereocenters. The standard InChI is InChI=1S/C26H27N3O4/c30-25(31)24(14-23-20-12-2-1-3-13-22(20)28-29-23)27-26(32)33-15-21-18-10-6-4-8-16(18)17-9-5-7-11-19(17)21/h4-11,21,24H,1-3,12-15H2,(H,27,32)(H,28,29)(H,30,31)/t24-/m0/s1. The van der Waals surface area contributed by atoms with Gasteiger partial charge in [-0.25, -0.2) is 9.59 Å². The number of alkyl carbamates (subject to hydrolysis) is 1. The molecule has 0 unspecified atom stereocenters. The summed E-state index contributed by atoms with van der Waals surface area (Å²) >= 11 is 0. The Morgan fingerprint density at radius 3 is 2.39 bits per heavy atom. The van der Waals surface area contributed by atoms with Crippen molar-refractivity contribution in [3.05, 3.63) is 76.6 Å². The summed E-state index contributed by atoms with van der Waals surface area (Å²) in [5.41, 5.74) is 7.43. The number of benzene rings is 2. The number of rotatable bonds is 6. The molecule has 2 aromatic carbocycles. The second-order valence-electron chi connectivity index (χ2n) is 8.75. The molecular weight excluding hydrogens is 418 g/mol. The number of nitrogens with zero attached hydrogens (tertiary/aromatic N) is 1. The molecule has 7 nitrogen and oxygen atoms in total. The lowest BCUT2D eigenvalue weighted by molar-refractivity contribution is -0.139. The summed E-state index contributed by atoms with van der Waals surface area (Å²) < 4.78 is 5.53. The maximum absolute atomic E-state index is 12.6. The fourth-order valence-electron chi connectivity index (χ4n) is 5.07. The maximum atomic E-state index is 12.6. The number of amides is 1. The quantitative estimate of drug-likeness (QED) is 0.493. The normalized spacial score (nSPS) is 15.6. The zero-order valence-corrected chi connectivity index (χ0v) is 18.3. The van der Waals surface area contributed by atoms with Crippen molar-refractivity contribution in [3.8, 4) is 11.1 Å². The highest BCUT2D eigenvalue weighted by Crippen LogP contribution is 2.44. The summed E-state index contributed by atoms with van der Waals surface area (Å²) in [5, 5.41) is 19.7. The van der Waals surface area contributed by atoms with Crippen LogP contribution < -0.4 is 5.32 Å². The Labute approximate surface area is 192 Å². The van der Waals surface area contributed by atoms with E-state index in [0.29, 0.717) is 0 Å². The van der Waals surface area contributed by atoms with Crippen molar-refractivity contribution in [2.75, 3.05) is 6.61 Å². The van der Waals surface area contributed by atoms with Crippen LogP contribution in [0.2, 0.25) is 0 Å². The van der Waals surface area contributed by atoms with E-state index >= 15 is 0 Å². The monoisotopic (exact) mass is 445 g/mol. The Morgan fingerprint density at radius 2 is 1.70 bits per heavy atom. The molecule has 0 spiro atoms. The number of ether oxygens (including phenoxy) is 1. The molecule has 3 N–H and O–H groups in total. The summed E-state index contributed by atoms with van der Waals surface area (Å²) in [6.07, 6.45) is 4.55. The van der Waals surface area contributed by atoms with Gasteiger partial charge in [0.1, 0.15) is 12.6 Å². The average molecular weight is 446 g/mol. The van der Waals surface area contributed by atoms with Crippen LogP contribution in [0.25, 0.3) is 11.1 Å². The smallest absolute Gasteiger partial charge is 0.407 e. The van der Waals surface area contributed by atoms with Gasteiger partial charge in [0, 0.05) is 18.0 Å². The van der Waals surface area contributed by atoms with Crippen molar-refractivity contribution < 1.29 is 19.4 Å². The third-order valence-electron chi connectivity index (χ3n) is 6.72. The molecule has 7 heteroatoms. The van der Waals surface area contributed by atoms with E-state index in [1.807, 2.05) is 36.4 Å². The van der Waals surface area contributed by atoms with Gasteiger partial charge < -0.3 is 15.2 Å². The number of nitrogens with one attached hydrogen (secondary N) is 2. The Hall–Kier alpha value is -3.61. The lowest BCUT2D eigenvalue weighted by atomic mass is 9.98. The highest BCUT2D eigenvalue weighted by atomic mass is 16.5. The van der Waals surface area contributed by atoms with E-state index < -0.39 is 18.1 Å². The van der Waals surface area contributed by atoms with Gasteiger partial charge in [0.25, 0.3) is 0 Å². The number of carboxylic acid groups (broad SMARTS) is 1. The topological polar surface area (TPSA) is 104 Å². The molecule has 0 saturated heterocycles. The molecular formula is C26H27N3O4. The molecule has 0 bridgehead atoms. The minimum Gasteiger partial charge on any atom is -0.480 e. The highest BCUT2D eigenvalue weighted by Gasteiger charge is 2.30. The van der Waals surface area contributed by atoms with Gasteiger partial charge in [0.2, 0.25) is 0 Å². The maximum Gasteiger partial charge on any atom is 0.407 e. The van der Waals surface area contributed by atoms with Crippen LogP contribution in [0.3, 0.4) is 0 Å². The van der Waals surface area contributed by atoms with Crippen LogP contribution in [0.15, 0.2) is 48.5 Å². The Bertz CT molecular complexity index is 1140. The third kappa shape index (κ3) is 4.23. The molecule has 1 heterocycles. The van der Waals surface area contributed by atoms with E-state index in [-0.39, 0.29) is 18.9 Å². The number of hydrogen-bond acceptors (Lipinski definition) is 4. The zero-order valence-electron chi connectivity index (χ0n) is 18.3. The van der Waals surface area contributed by atoms with Gasteiger partial charge in [-0.3, -0.25) is 5.10 Å². The van der Waals surface area contributed by atoms with Crippen molar-refractivity contribution in [2.24, 2.45) is 0 Å². The first-order valence-electron chi connectivity index (χ1n) is 11.5. The average Bonchev–Trinajstić information content (AvgIpc) is 3.25. The summed E-state index contributed by atoms with van der Waals surface area (Å²) in [7, 11) is 0. The van der Waals surface area contributed by atoms with E-state index in [9.17, 15) is 14.7 Å². The van der Waals surface area contributed by atoms with Crippen LogP contribution in [0.4, 0.5) is 4.79 Å². The molecule has 170 valence electrons. The number of aliphatic carboxylic acids is 1. The Kier molecular flexibility index (Phi) is 5.86. The molecule has 33 heavy (non-hydrogen) atoms. The van der Waals surface area contributed by atoms with Crippen molar-refractivity contribution in [3.63, 3.8) is 0 Å². The summed E-state index contributed by atoms with van der Waals surface area (Å²) in [6, 6.07) is 15.1. The molecule has 3 aromatic rings. The molecule has 0 aliphatic heterocycles. The van der Waals surface area contributed by atoms with E-state index in [1.54, 1.807) is 0 Å². The molecule has 1 aromatic heterocycles. The summed E-state index contributed by atoms with van der Waals surface area (Å²) in [6.45, 7) is 0.143. The van der Waals surface area contributed by atoms with Crippen molar-refractivity contribution >= 4 is 12.1 Å². The number of aromatic nitrogens is 2. The van der Waals surface area contributed by atoms with Crippen LogP contribution in [0, 0.1) is 0 Å². The van der Waals surface area contributed by atoms with Gasteiger partial charge in [-0.1, -0.05) is 55.0 Å². The molecule has 2 aliphatic rings. The minimum absolute atomic E-state index is 0.0754. The van der Waals surface area contributed by atoms with E-state index in [4.69, 9.17) is 4.74 Å². The van der Waals surface area contributed by atoms with Crippen LogP contribution in [0.5, 0.6) is 0 Å². The number of carboxylic acids is 1. The predicted octanol–water partition coefficient (Wildman–Crippen LogP) is 4.21. The zero-order chi connectivity index (χ0) is 22.8. The highest BCUT2D eigenvalue weighted by molar-refractivity contribution is 5.81. The fraction of sp³-hybridized carbons (Fsp3) is 0.346. The SMILES string of the molecule is O=C(N[C@@H](Cc1n[nH]c2c1CCCCC2)C(=O)O)OCC1c2ccccc2-c2ccccc21. The number of carbonyl (C=O) groups excluding carboxylic acids is 1. The summed E-state index contributed by atoms with van der Waals surface area (Å²) in [4.78, 5) is 24.5. The molecule has 5 rings (SSSR count). The van der Waals surface area contributed by atoms with Crippen LogP contribution in [0.1, 0.15) is 53.3 Å². The fourth-order valence-corrected chi connectivity index (χ4v) is 5.07. The van der Waals surface area contributed by atoms with Crippen molar-refractivity contribution in [1.82, 2.24) is 15.5 Å². The lowest BCUT2D eigenvalue weighted by Crippen LogP contribution is -2.43. The number of aryl methyl sites for hydroxylation is 1. The van der Waals surface area contributed by atoms with Gasteiger partial charge in [-0.2, -0.15) is 5.10 Å². The van der Waals surface area contributed by atoms with E-state index in [0.717, 1.165) is 71.3 Å². The van der Waals surface area contributed by atoms with Gasteiger partial charge in [0.15, 0.2) is 0 Å². The van der Waals surface area contributed by atoms with Crippen molar-refractivity contribution in [1.29, 1.82) is 0 Å². The lowest BCUT2D eigenvalue weighted by Gasteiger charge is -2.17. The second kappa shape index (κ2) is 9.10. The molecule has 0 saturated carbocycles. The van der Waals surface area contributed by atoms with E-state index in [2.05, 4.69) is 27.6 Å². The van der Waals surface area contributed by atoms with Crippen LogP contribution in [-0.2, 0) is 28.8 Å². The van der Waals surface area contributed by atoms with E-state index in [1.165, 1.54) is 0 Å². The number of H-pyrrole nitrogens is 1. The molecule has 2 aliphatic carbocycles. The Morgan fingerprint density at radius 1 is 1.03 bits per heavy atom. The number of aromatic amines is 1. The number of hydrogen-bond donors (Lipinski definition) is 3. The largest absolute Gasteiger partial charge is 0.480 e.